The van der Waals surface area contributed by atoms with Gasteiger partial charge >= 0.3 is 12.1 Å². The standard InChI is InChI=1S/C22H18F3NO3/c23-22(24,25)16-7-4-14(5-8-16)15-6-9-19-17(10-15)18(20(27)21(28)29)12-26(19)11-13-2-1-3-13/h4-10,12-13H,1-3,11H2,(H,28,29). The lowest BCUT2D eigenvalue weighted by Gasteiger charge is -2.26. The Bertz CT molecular complexity index is 1090. The minimum absolute atomic E-state index is 0.0978. The lowest BCUT2D eigenvalue weighted by Crippen LogP contribution is -2.17. The van der Waals surface area contributed by atoms with Crippen molar-refractivity contribution in [2.45, 2.75) is 32.0 Å². The van der Waals surface area contributed by atoms with E-state index in [4.69, 9.17) is 0 Å². The lowest BCUT2D eigenvalue weighted by atomic mass is 9.85. The van der Waals surface area contributed by atoms with Gasteiger partial charge in [-0.1, -0.05) is 24.6 Å². The van der Waals surface area contributed by atoms with Gasteiger partial charge in [-0.3, -0.25) is 4.79 Å². The van der Waals surface area contributed by atoms with Crippen molar-refractivity contribution in [3.63, 3.8) is 0 Å². The van der Waals surface area contributed by atoms with Crippen LogP contribution in [0.3, 0.4) is 0 Å². The smallest absolute Gasteiger partial charge is 0.416 e. The summed E-state index contributed by atoms with van der Waals surface area (Å²) in [6.07, 6.45) is 0.540. The molecule has 4 rings (SSSR count). The Labute approximate surface area is 164 Å². The van der Waals surface area contributed by atoms with Crippen LogP contribution in [0.15, 0.2) is 48.7 Å². The van der Waals surface area contributed by atoms with Crippen LogP contribution in [0.4, 0.5) is 13.2 Å². The van der Waals surface area contributed by atoms with Gasteiger partial charge < -0.3 is 9.67 Å². The number of alkyl halides is 3. The number of aliphatic carboxylic acids is 1. The van der Waals surface area contributed by atoms with Crippen molar-refractivity contribution in [3.05, 3.63) is 59.8 Å². The largest absolute Gasteiger partial charge is 0.475 e. The number of carboxylic acid groups (broad SMARTS) is 1. The summed E-state index contributed by atoms with van der Waals surface area (Å²) >= 11 is 0. The molecule has 1 N–H and O–H groups in total. The fourth-order valence-electron chi connectivity index (χ4n) is 3.73. The van der Waals surface area contributed by atoms with E-state index in [1.807, 2.05) is 4.57 Å². The van der Waals surface area contributed by atoms with Crippen molar-refractivity contribution in [3.8, 4) is 11.1 Å². The number of hydrogen-bond acceptors (Lipinski definition) is 2. The molecule has 0 spiro atoms. The van der Waals surface area contributed by atoms with E-state index in [-0.39, 0.29) is 5.56 Å². The van der Waals surface area contributed by atoms with Crippen LogP contribution in [0.25, 0.3) is 22.0 Å². The molecule has 2 aromatic carbocycles. The van der Waals surface area contributed by atoms with Crippen LogP contribution >= 0.6 is 0 Å². The highest BCUT2D eigenvalue weighted by molar-refractivity contribution is 6.42. The molecule has 1 fully saturated rings. The Hall–Kier alpha value is -3.09. The van der Waals surface area contributed by atoms with E-state index in [1.165, 1.54) is 18.6 Å². The van der Waals surface area contributed by atoms with Gasteiger partial charge in [0.05, 0.1) is 11.1 Å². The number of benzene rings is 2. The molecule has 1 saturated carbocycles. The summed E-state index contributed by atoms with van der Waals surface area (Å²) in [5.41, 5.74) is 1.28. The summed E-state index contributed by atoms with van der Waals surface area (Å²) in [5.74, 6) is -2.02. The Balaban J connectivity index is 1.78. The first-order chi connectivity index (χ1) is 13.7. The summed E-state index contributed by atoms with van der Waals surface area (Å²) < 4.78 is 40.3. The first-order valence-corrected chi connectivity index (χ1v) is 9.32. The van der Waals surface area contributed by atoms with E-state index < -0.39 is 23.5 Å². The SMILES string of the molecule is O=C(O)C(=O)c1cn(CC2CCC2)c2ccc(-c3ccc(C(F)(F)F)cc3)cc12. The predicted molar refractivity (Wildman–Crippen MR) is 102 cm³/mol. The molecule has 0 atom stereocenters. The molecule has 4 nitrogen and oxygen atoms in total. The van der Waals surface area contributed by atoms with Crippen LogP contribution in [-0.4, -0.2) is 21.4 Å². The molecule has 0 bridgehead atoms. The van der Waals surface area contributed by atoms with Crippen LogP contribution in [0.2, 0.25) is 0 Å². The van der Waals surface area contributed by atoms with Gasteiger partial charge in [0, 0.05) is 23.6 Å². The van der Waals surface area contributed by atoms with Crippen molar-refractivity contribution in [2.75, 3.05) is 0 Å². The zero-order valence-corrected chi connectivity index (χ0v) is 15.4. The number of fused-ring (bicyclic) bond motifs is 1. The van der Waals surface area contributed by atoms with Gasteiger partial charge in [0.25, 0.3) is 5.78 Å². The number of carboxylic acids is 1. The average molecular weight is 401 g/mol. The van der Waals surface area contributed by atoms with Crippen molar-refractivity contribution in [1.82, 2.24) is 4.57 Å². The molecule has 3 aromatic rings. The normalized spacial score (nSPS) is 14.7. The Morgan fingerprint density at radius 1 is 1.03 bits per heavy atom. The third-order valence-corrected chi connectivity index (χ3v) is 5.55. The maximum absolute atomic E-state index is 12.8. The number of rotatable bonds is 5. The molecule has 1 aromatic heterocycles. The van der Waals surface area contributed by atoms with Crippen LogP contribution in [0.1, 0.15) is 35.2 Å². The zero-order chi connectivity index (χ0) is 20.8. The minimum atomic E-state index is -4.41. The number of carbonyl (C=O) groups is 2. The molecule has 0 unspecified atom stereocenters. The second-order valence-electron chi connectivity index (χ2n) is 7.43. The molecule has 7 heteroatoms. The number of nitrogens with zero attached hydrogens (tertiary/aromatic N) is 1. The highest BCUT2D eigenvalue weighted by Gasteiger charge is 2.30. The monoisotopic (exact) mass is 401 g/mol. The van der Waals surface area contributed by atoms with Gasteiger partial charge in [-0.25, -0.2) is 4.79 Å². The van der Waals surface area contributed by atoms with E-state index in [1.54, 1.807) is 24.4 Å². The summed E-state index contributed by atoms with van der Waals surface area (Å²) in [6.45, 7) is 0.711. The molecule has 29 heavy (non-hydrogen) atoms. The van der Waals surface area contributed by atoms with E-state index >= 15 is 0 Å². The Morgan fingerprint density at radius 3 is 2.24 bits per heavy atom. The minimum Gasteiger partial charge on any atom is -0.475 e. The third-order valence-electron chi connectivity index (χ3n) is 5.55. The van der Waals surface area contributed by atoms with Crippen molar-refractivity contribution in [2.24, 2.45) is 5.92 Å². The highest BCUT2D eigenvalue weighted by atomic mass is 19.4. The molecule has 0 saturated heterocycles. The molecular formula is C22H18F3NO3. The number of hydrogen-bond donors (Lipinski definition) is 1. The van der Waals surface area contributed by atoms with Gasteiger partial charge in [0.1, 0.15) is 0 Å². The van der Waals surface area contributed by atoms with E-state index in [2.05, 4.69) is 0 Å². The summed E-state index contributed by atoms with van der Waals surface area (Å²) in [7, 11) is 0. The van der Waals surface area contributed by atoms with Gasteiger partial charge in [-0.15, -0.1) is 0 Å². The number of Topliss-reactive ketones (excluding diaryl/α,β-unsaturated/α-hetero) is 1. The first kappa shape index (κ1) is 19.2. The fourth-order valence-corrected chi connectivity index (χ4v) is 3.73. The molecule has 1 heterocycles. The van der Waals surface area contributed by atoms with Gasteiger partial charge in [-0.2, -0.15) is 13.2 Å². The van der Waals surface area contributed by atoms with Gasteiger partial charge in [-0.05, 0) is 54.2 Å². The lowest BCUT2D eigenvalue weighted by molar-refractivity contribution is -0.137. The fraction of sp³-hybridized carbons (Fsp3) is 0.273. The van der Waals surface area contributed by atoms with Crippen LogP contribution in [0, 0.1) is 5.92 Å². The van der Waals surface area contributed by atoms with Crippen LogP contribution < -0.4 is 0 Å². The van der Waals surface area contributed by atoms with Gasteiger partial charge in [0.2, 0.25) is 0 Å². The second kappa shape index (κ2) is 7.06. The molecule has 1 aliphatic carbocycles. The molecular weight excluding hydrogens is 383 g/mol. The number of carbonyl (C=O) groups excluding carboxylic acids is 1. The van der Waals surface area contributed by atoms with Crippen LogP contribution in [-0.2, 0) is 17.5 Å². The Morgan fingerprint density at radius 2 is 1.69 bits per heavy atom. The van der Waals surface area contributed by atoms with Crippen molar-refractivity contribution >= 4 is 22.7 Å². The molecule has 0 radical (unpaired) electrons. The summed E-state index contributed by atoms with van der Waals surface area (Å²) in [6, 6.07) is 9.99. The number of halogens is 3. The topological polar surface area (TPSA) is 59.3 Å². The van der Waals surface area contributed by atoms with E-state index in [0.29, 0.717) is 29.0 Å². The van der Waals surface area contributed by atoms with Crippen molar-refractivity contribution < 1.29 is 27.9 Å². The quantitative estimate of drug-likeness (QED) is 0.460. The maximum atomic E-state index is 12.8. The molecule has 0 amide bonds. The third kappa shape index (κ3) is 3.64. The van der Waals surface area contributed by atoms with Gasteiger partial charge in [0.15, 0.2) is 0 Å². The van der Waals surface area contributed by atoms with E-state index in [9.17, 15) is 27.9 Å². The molecule has 1 aliphatic rings. The predicted octanol–water partition coefficient (Wildman–Crippen LogP) is 5.39. The number of aromatic nitrogens is 1. The Kier molecular flexibility index (Phi) is 4.68. The molecule has 0 aliphatic heterocycles. The van der Waals surface area contributed by atoms with E-state index in [0.717, 1.165) is 30.5 Å². The first-order valence-electron chi connectivity index (χ1n) is 9.32. The highest BCUT2D eigenvalue weighted by Crippen LogP contribution is 2.34. The summed E-state index contributed by atoms with van der Waals surface area (Å²) in [4.78, 5) is 23.5. The van der Waals surface area contributed by atoms with Crippen LogP contribution in [0.5, 0.6) is 0 Å². The second-order valence-corrected chi connectivity index (χ2v) is 7.43. The van der Waals surface area contributed by atoms with Crippen molar-refractivity contribution in [1.29, 1.82) is 0 Å². The molecule has 150 valence electrons. The maximum Gasteiger partial charge on any atom is 0.416 e. The summed E-state index contributed by atoms with van der Waals surface area (Å²) in [5, 5.41) is 9.67. The number of ketones is 1. The average Bonchev–Trinajstić information content (AvgIpc) is 3.01. The zero-order valence-electron chi connectivity index (χ0n) is 15.4.